The summed E-state index contributed by atoms with van der Waals surface area (Å²) in [7, 11) is 0. The predicted molar refractivity (Wildman–Crippen MR) is 60.2 cm³/mol. The summed E-state index contributed by atoms with van der Waals surface area (Å²) in [5.41, 5.74) is 6.21. The molecule has 0 unspecified atom stereocenters. The van der Waals surface area contributed by atoms with Crippen molar-refractivity contribution in [3.8, 4) is 11.5 Å². The molecular weight excluding hydrogens is 210 g/mol. The normalized spacial score (nSPS) is 9.88. The molecule has 1 rings (SSSR count). The van der Waals surface area contributed by atoms with Gasteiger partial charge < -0.3 is 20.3 Å². The van der Waals surface area contributed by atoms with Crippen molar-refractivity contribution in [2.24, 2.45) is 0 Å². The van der Waals surface area contributed by atoms with Gasteiger partial charge in [0.1, 0.15) is 17.2 Å². The van der Waals surface area contributed by atoms with Gasteiger partial charge in [-0.05, 0) is 26.0 Å². The molecule has 16 heavy (non-hydrogen) atoms. The summed E-state index contributed by atoms with van der Waals surface area (Å²) < 4.78 is 10.5. The monoisotopic (exact) mass is 225 g/mol. The van der Waals surface area contributed by atoms with Gasteiger partial charge >= 0.3 is 5.97 Å². The highest BCUT2D eigenvalue weighted by atomic mass is 16.5. The number of carboxylic acid groups (broad SMARTS) is 1. The smallest absolute Gasteiger partial charge is 0.335 e. The molecule has 0 bridgehead atoms. The third kappa shape index (κ3) is 2.56. The number of aromatic carboxylic acids is 1. The molecule has 5 heteroatoms. The van der Waals surface area contributed by atoms with Crippen LogP contribution in [-0.2, 0) is 0 Å². The molecule has 3 N–H and O–H groups in total. The highest BCUT2D eigenvalue weighted by Crippen LogP contribution is 2.33. The second kappa shape index (κ2) is 5.25. The van der Waals surface area contributed by atoms with Gasteiger partial charge in [-0.3, -0.25) is 0 Å². The van der Waals surface area contributed by atoms with Crippen molar-refractivity contribution in [1.29, 1.82) is 0 Å². The number of carbonyl (C=O) groups is 1. The first kappa shape index (κ1) is 12.2. The lowest BCUT2D eigenvalue weighted by Gasteiger charge is -2.12. The molecule has 0 amide bonds. The Hall–Kier alpha value is -1.91. The van der Waals surface area contributed by atoms with E-state index in [9.17, 15) is 4.79 Å². The Morgan fingerprint density at radius 3 is 2.00 bits per heavy atom. The molecule has 5 nitrogen and oxygen atoms in total. The van der Waals surface area contributed by atoms with E-state index >= 15 is 0 Å². The number of anilines is 1. The molecular formula is C11H15NO4. The van der Waals surface area contributed by atoms with Crippen molar-refractivity contribution in [2.45, 2.75) is 13.8 Å². The number of benzene rings is 1. The zero-order valence-electron chi connectivity index (χ0n) is 9.32. The van der Waals surface area contributed by atoms with Crippen LogP contribution in [-0.4, -0.2) is 24.3 Å². The average molecular weight is 225 g/mol. The minimum absolute atomic E-state index is 0.0982. The van der Waals surface area contributed by atoms with Crippen LogP contribution in [0.25, 0.3) is 0 Å². The van der Waals surface area contributed by atoms with Crippen LogP contribution in [0.5, 0.6) is 11.5 Å². The number of ether oxygens (including phenoxy) is 2. The van der Waals surface area contributed by atoms with Crippen LogP contribution in [0.3, 0.4) is 0 Å². The molecule has 0 aliphatic carbocycles. The molecule has 88 valence electrons. The third-order valence-electron chi connectivity index (χ3n) is 1.95. The highest BCUT2D eigenvalue weighted by molar-refractivity contribution is 5.90. The van der Waals surface area contributed by atoms with Crippen molar-refractivity contribution >= 4 is 11.7 Å². The molecule has 0 aliphatic heterocycles. The van der Waals surface area contributed by atoms with E-state index in [2.05, 4.69) is 0 Å². The Labute approximate surface area is 93.8 Å². The fourth-order valence-electron chi connectivity index (χ4n) is 1.27. The van der Waals surface area contributed by atoms with Crippen molar-refractivity contribution in [2.75, 3.05) is 18.9 Å². The van der Waals surface area contributed by atoms with E-state index < -0.39 is 5.97 Å². The molecule has 0 saturated heterocycles. The molecule has 0 heterocycles. The summed E-state index contributed by atoms with van der Waals surface area (Å²) in [6, 6.07) is 2.79. The maximum atomic E-state index is 10.9. The zero-order valence-corrected chi connectivity index (χ0v) is 9.32. The van der Waals surface area contributed by atoms with E-state index in [0.29, 0.717) is 30.4 Å². The first-order valence-electron chi connectivity index (χ1n) is 5.02. The van der Waals surface area contributed by atoms with Crippen molar-refractivity contribution in [1.82, 2.24) is 0 Å². The molecule has 0 fully saturated rings. The van der Waals surface area contributed by atoms with Crippen LogP contribution >= 0.6 is 0 Å². The summed E-state index contributed by atoms with van der Waals surface area (Å²) in [4.78, 5) is 10.9. The van der Waals surface area contributed by atoms with Gasteiger partial charge in [0, 0.05) is 0 Å². The van der Waals surface area contributed by atoms with Gasteiger partial charge in [-0.15, -0.1) is 0 Å². The quantitative estimate of drug-likeness (QED) is 0.746. The summed E-state index contributed by atoms with van der Waals surface area (Å²) in [5, 5.41) is 8.91. The lowest BCUT2D eigenvalue weighted by atomic mass is 10.1. The third-order valence-corrected chi connectivity index (χ3v) is 1.95. The van der Waals surface area contributed by atoms with Crippen LogP contribution in [0.4, 0.5) is 5.69 Å². The number of nitrogens with two attached hydrogens (primary N) is 1. The lowest BCUT2D eigenvalue weighted by Crippen LogP contribution is -2.05. The van der Waals surface area contributed by atoms with Crippen molar-refractivity contribution in [3.63, 3.8) is 0 Å². The van der Waals surface area contributed by atoms with Crippen molar-refractivity contribution < 1.29 is 19.4 Å². The zero-order chi connectivity index (χ0) is 12.1. The molecule has 1 aromatic carbocycles. The van der Waals surface area contributed by atoms with Crippen LogP contribution in [0, 0.1) is 0 Å². The van der Waals surface area contributed by atoms with Crippen LogP contribution < -0.4 is 15.2 Å². The standard InChI is InChI=1S/C11H15NO4/c1-3-15-8-5-7(11(13)14)6-9(10(8)12)16-4-2/h5-6H,3-4,12H2,1-2H3,(H,13,14). The topological polar surface area (TPSA) is 81.8 Å². The molecule has 0 spiro atoms. The fourth-order valence-corrected chi connectivity index (χ4v) is 1.27. The summed E-state index contributed by atoms with van der Waals surface area (Å²) in [6.45, 7) is 4.43. The molecule has 0 atom stereocenters. The largest absolute Gasteiger partial charge is 0.492 e. The maximum Gasteiger partial charge on any atom is 0.335 e. The van der Waals surface area contributed by atoms with Gasteiger partial charge in [0.05, 0.1) is 18.8 Å². The first-order valence-corrected chi connectivity index (χ1v) is 5.02. The van der Waals surface area contributed by atoms with Gasteiger partial charge in [-0.2, -0.15) is 0 Å². The Morgan fingerprint density at radius 2 is 1.69 bits per heavy atom. The van der Waals surface area contributed by atoms with Gasteiger partial charge in [0.2, 0.25) is 0 Å². The Balaban J connectivity index is 3.21. The predicted octanol–water partition coefficient (Wildman–Crippen LogP) is 1.76. The summed E-state index contributed by atoms with van der Waals surface area (Å²) in [5.74, 6) is -0.362. The Bertz CT molecular complexity index is 363. The van der Waals surface area contributed by atoms with E-state index in [1.54, 1.807) is 13.8 Å². The SMILES string of the molecule is CCOc1cc(C(=O)O)cc(OCC)c1N. The number of carboxylic acids is 1. The van der Waals surface area contributed by atoms with Crippen LogP contribution in [0.1, 0.15) is 24.2 Å². The second-order valence-electron chi connectivity index (χ2n) is 3.06. The van der Waals surface area contributed by atoms with Gasteiger partial charge in [-0.1, -0.05) is 0 Å². The highest BCUT2D eigenvalue weighted by Gasteiger charge is 2.13. The minimum Gasteiger partial charge on any atom is -0.492 e. The minimum atomic E-state index is -1.04. The maximum absolute atomic E-state index is 10.9. The molecule has 1 aromatic rings. The first-order chi connectivity index (χ1) is 7.60. The van der Waals surface area contributed by atoms with E-state index in [-0.39, 0.29) is 5.56 Å². The number of hydrogen-bond donors (Lipinski definition) is 2. The van der Waals surface area contributed by atoms with E-state index in [1.165, 1.54) is 12.1 Å². The lowest BCUT2D eigenvalue weighted by molar-refractivity contribution is 0.0696. The van der Waals surface area contributed by atoms with Crippen molar-refractivity contribution in [3.05, 3.63) is 17.7 Å². The van der Waals surface area contributed by atoms with E-state index in [0.717, 1.165) is 0 Å². The van der Waals surface area contributed by atoms with E-state index in [4.69, 9.17) is 20.3 Å². The average Bonchev–Trinajstić information content (AvgIpc) is 2.24. The molecule has 0 aliphatic rings. The Morgan fingerprint density at radius 1 is 1.25 bits per heavy atom. The number of nitrogen functional groups attached to an aromatic ring is 1. The summed E-state index contributed by atoms with van der Waals surface area (Å²) in [6.07, 6.45) is 0. The second-order valence-corrected chi connectivity index (χ2v) is 3.06. The van der Waals surface area contributed by atoms with Gasteiger partial charge in [0.25, 0.3) is 0 Å². The molecule has 0 saturated carbocycles. The fraction of sp³-hybridized carbons (Fsp3) is 0.364. The molecule has 0 aromatic heterocycles. The Kier molecular flexibility index (Phi) is 3.99. The van der Waals surface area contributed by atoms with E-state index in [1.807, 2.05) is 0 Å². The molecule has 0 radical (unpaired) electrons. The van der Waals surface area contributed by atoms with Crippen LogP contribution in [0.15, 0.2) is 12.1 Å². The number of rotatable bonds is 5. The number of hydrogen-bond acceptors (Lipinski definition) is 4. The van der Waals surface area contributed by atoms with Gasteiger partial charge in [0.15, 0.2) is 0 Å². The summed E-state index contributed by atoms with van der Waals surface area (Å²) >= 11 is 0. The van der Waals surface area contributed by atoms with Gasteiger partial charge in [-0.25, -0.2) is 4.79 Å². The van der Waals surface area contributed by atoms with Crippen LogP contribution in [0.2, 0.25) is 0 Å².